The van der Waals surface area contributed by atoms with Crippen molar-refractivity contribution in [2.75, 3.05) is 11.9 Å². The van der Waals surface area contributed by atoms with Crippen LogP contribution in [0.1, 0.15) is 34.1 Å². The van der Waals surface area contributed by atoms with Crippen LogP contribution < -0.4 is 10.2 Å². The molecule has 0 saturated carbocycles. The van der Waals surface area contributed by atoms with Crippen LogP contribution in [0.25, 0.3) is 0 Å². The summed E-state index contributed by atoms with van der Waals surface area (Å²) < 4.78 is 1.78. The number of H-pyrrole nitrogens is 1. The number of fused-ring (bicyclic) bond motifs is 1. The topological polar surface area (TPSA) is 109 Å². The van der Waals surface area contributed by atoms with Crippen LogP contribution in [0.3, 0.4) is 0 Å². The normalized spacial score (nSPS) is 16.6. The number of hydrogen-bond donors (Lipinski definition) is 2. The molecule has 1 aliphatic heterocycles. The molecule has 0 radical (unpaired) electrons. The zero-order valence-corrected chi connectivity index (χ0v) is 15.7. The minimum Gasteiger partial charge on any atom is -0.337 e. The molecule has 0 spiro atoms. The number of hydrogen-bond acceptors (Lipinski definition) is 5. The Morgan fingerprint density at radius 2 is 2.07 bits per heavy atom. The van der Waals surface area contributed by atoms with E-state index in [1.807, 2.05) is 43.3 Å². The number of carbonyl (C=O) groups excluding carboxylic acids is 2. The van der Waals surface area contributed by atoms with Gasteiger partial charge >= 0.3 is 0 Å². The Balaban J connectivity index is 1.44. The molecular formula is C19H21N7O2. The number of carbonyl (C=O) groups is 2. The van der Waals surface area contributed by atoms with Gasteiger partial charge in [0.15, 0.2) is 0 Å². The molecule has 0 fully saturated rings. The van der Waals surface area contributed by atoms with Crippen molar-refractivity contribution in [3.63, 3.8) is 0 Å². The van der Waals surface area contributed by atoms with Crippen LogP contribution in [-0.2, 0) is 17.8 Å². The molecule has 9 nitrogen and oxygen atoms in total. The summed E-state index contributed by atoms with van der Waals surface area (Å²) >= 11 is 0. The Kier molecular flexibility index (Phi) is 4.64. The molecule has 0 bridgehead atoms. The maximum absolute atomic E-state index is 12.8. The predicted molar refractivity (Wildman–Crippen MR) is 102 cm³/mol. The maximum atomic E-state index is 12.8. The molecule has 1 aliphatic rings. The van der Waals surface area contributed by atoms with Crippen LogP contribution in [0.15, 0.2) is 36.4 Å². The van der Waals surface area contributed by atoms with Gasteiger partial charge in [-0.25, -0.2) is 4.68 Å². The third-order valence-corrected chi connectivity index (χ3v) is 4.75. The molecule has 9 heteroatoms. The Morgan fingerprint density at radius 1 is 1.29 bits per heavy atom. The molecule has 2 N–H and O–H groups in total. The van der Waals surface area contributed by atoms with Gasteiger partial charge in [0, 0.05) is 26.1 Å². The summed E-state index contributed by atoms with van der Waals surface area (Å²) in [5.74, 6) is 0.782. The lowest BCUT2D eigenvalue weighted by Crippen LogP contribution is -2.47. The largest absolute Gasteiger partial charge is 0.337 e. The highest BCUT2D eigenvalue weighted by atomic mass is 16.2. The number of nitrogens with zero attached hydrogens (tertiary/aromatic N) is 5. The molecule has 2 aromatic heterocycles. The van der Waals surface area contributed by atoms with Gasteiger partial charge in [-0.2, -0.15) is 5.10 Å². The molecule has 28 heavy (non-hydrogen) atoms. The smallest absolute Gasteiger partial charge is 0.289 e. The van der Waals surface area contributed by atoms with Gasteiger partial charge in [0.2, 0.25) is 5.82 Å². The number of benzene rings is 1. The van der Waals surface area contributed by atoms with Gasteiger partial charge in [-0.1, -0.05) is 30.3 Å². The Labute approximate surface area is 161 Å². The quantitative estimate of drug-likeness (QED) is 0.705. The number of aromatic nitrogens is 5. The molecule has 1 aromatic carbocycles. The summed E-state index contributed by atoms with van der Waals surface area (Å²) in [5, 5.41) is 15.1. The first-order valence-corrected chi connectivity index (χ1v) is 9.09. The van der Waals surface area contributed by atoms with E-state index >= 15 is 0 Å². The highest BCUT2D eigenvalue weighted by molar-refractivity contribution is 6.00. The third kappa shape index (κ3) is 3.51. The highest BCUT2D eigenvalue weighted by Crippen LogP contribution is 2.20. The Hall–Kier alpha value is -3.49. The van der Waals surface area contributed by atoms with E-state index < -0.39 is 11.9 Å². The van der Waals surface area contributed by atoms with Gasteiger partial charge in [0.1, 0.15) is 17.7 Å². The first-order chi connectivity index (χ1) is 13.5. The molecule has 1 atom stereocenters. The van der Waals surface area contributed by atoms with Crippen LogP contribution in [0.4, 0.5) is 5.82 Å². The van der Waals surface area contributed by atoms with Crippen LogP contribution in [0.5, 0.6) is 0 Å². The van der Waals surface area contributed by atoms with Gasteiger partial charge in [-0.3, -0.25) is 14.5 Å². The second-order valence-corrected chi connectivity index (χ2v) is 6.86. The minimum absolute atomic E-state index is 0.0965. The second-order valence-electron chi connectivity index (χ2n) is 6.86. The molecular weight excluding hydrogens is 358 g/mol. The van der Waals surface area contributed by atoms with E-state index in [4.69, 9.17) is 0 Å². The summed E-state index contributed by atoms with van der Waals surface area (Å²) in [5.41, 5.74) is 1.92. The average Bonchev–Trinajstić information content (AvgIpc) is 3.28. The van der Waals surface area contributed by atoms with Crippen LogP contribution in [0, 0.1) is 6.92 Å². The van der Waals surface area contributed by atoms with Crippen molar-refractivity contribution in [3.05, 3.63) is 59.3 Å². The van der Waals surface area contributed by atoms with E-state index in [1.165, 1.54) is 4.90 Å². The standard InChI is InChI=1S/C19H21N7O2/c1-12-10-16-25(2)19(28)14(8-9-26(16)24-12)20-18(27)17-21-15(22-23-17)11-13-6-4-3-5-7-13/h3-7,10,14H,8-9,11H2,1-2H3,(H,20,27)(H,21,22,23)/t14-/m0/s1. The fourth-order valence-electron chi connectivity index (χ4n) is 3.32. The van der Waals surface area contributed by atoms with Gasteiger partial charge in [0.05, 0.1) is 5.69 Å². The monoisotopic (exact) mass is 379 g/mol. The zero-order chi connectivity index (χ0) is 19.7. The van der Waals surface area contributed by atoms with E-state index in [0.717, 1.165) is 17.1 Å². The van der Waals surface area contributed by atoms with E-state index in [2.05, 4.69) is 25.6 Å². The van der Waals surface area contributed by atoms with E-state index in [9.17, 15) is 9.59 Å². The molecule has 3 heterocycles. The van der Waals surface area contributed by atoms with E-state index in [0.29, 0.717) is 25.2 Å². The summed E-state index contributed by atoms with van der Waals surface area (Å²) in [6, 6.07) is 11.0. The van der Waals surface area contributed by atoms with Crippen LogP contribution in [-0.4, -0.2) is 49.9 Å². The third-order valence-electron chi connectivity index (χ3n) is 4.75. The molecule has 0 saturated heterocycles. The lowest BCUT2D eigenvalue weighted by molar-refractivity contribution is -0.120. The number of amides is 2. The van der Waals surface area contributed by atoms with Crippen molar-refractivity contribution in [2.24, 2.45) is 0 Å². The summed E-state index contributed by atoms with van der Waals surface area (Å²) in [6.07, 6.45) is 1.00. The number of aromatic amines is 1. The molecule has 2 amide bonds. The molecule has 144 valence electrons. The van der Waals surface area contributed by atoms with Crippen LogP contribution in [0.2, 0.25) is 0 Å². The zero-order valence-electron chi connectivity index (χ0n) is 15.7. The van der Waals surface area contributed by atoms with Crippen molar-refractivity contribution in [2.45, 2.75) is 32.4 Å². The number of aryl methyl sites for hydroxylation is 2. The summed E-state index contributed by atoms with van der Waals surface area (Å²) in [7, 11) is 1.69. The number of anilines is 1. The molecule has 3 aromatic rings. The maximum Gasteiger partial charge on any atom is 0.289 e. The van der Waals surface area contributed by atoms with Crippen molar-refractivity contribution in [1.82, 2.24) is 30.3 Å². The Morgan fingerprint density at radius 3 is 2.86 bits per heavy atom. The first kappa shape index (κ1) is 17.9. The van der Waals surface area contributed by atoms with Crippen molar-refractivity contribution < 1.29 is 9.59 Å². The fourth-order valence-corrected chi connectivity index (χ4v) is 3.32. The van der Waals surface area contributed by atoms with Crippen molar-refractivity contribution in [3.8, 4) is 0 Å². The van der Waals surface area contributed by atoms with E-state index in [-0.39, 0.29) is 11.7 Å². The number of rotatable bonds is 4. The molecule has 0 aliphatic carbocycles. The second kappa shape index (κ2) is 7.26. The van der Waals surface area contributed by atoms with Crippen molar-refractivity contribution in [1.29, 1.82) is 0 Å². The SMILES string of the molecule is Cc1cc2n(n1)CC[C@H](NC(=O)c1nnc(Cc3ccccc3)[nH]1)C(=O)N2C. The van der Waals surface area contributed by atoms with Crippen LogP contribution >= 0.6 is 0 Å². The Bertz CT molecular complexity index is 1010. The first-order valence-electron chi connectivity index (χ1n) is 9.09. The van der Waals surface area contributed by atoms with Gasteiger partial charge < -0.3 is 10.3 Å². The summed E-state index contributed by atoms with van der Waals surface area (Å²) in [6.45, 7) is 2.43. The van der Waals surface area contributed by atoms with Crippen molar-refractivity contribution >= 4 is 17.6 Å². The minimum atomic E-state index is -0.651. The average molecular weight is 379 g/mol. The van der Waals surface area contributed by atoms with Gasteiger partial charge in [-0.15, -0.1) is 10.2 Å². The molecule has 4 rings (SSSR count). The predicted octanol–water partition coefficient (Wildman–Crippen LogP) is 1.07. The lowest BCUT2D eigenvalue weighted by atomic mass is 10.1. The number of nitrogens with one attached hydrogen (secondary N) is 2. The van der Waals surface area contributed by atoms with Gasteiger partial charge in [0.25, 0.3) is 11.8 Å². The molecule has 0 unspecified atom stereocenters. The lowest BCUT2D eigenvalue weighted by Gasteiger charge is -2.19. The fraction of sp³-hybridized carbons (Fsp3) is 0.316. The summed E-state index contributed by atoms with van der Waals surface area (Å²) in [4.78, 5) is 29.8. The van der Waals surface area contributed by atoms with Gasteiger partial charge in [-0.05, 0) is 18.9 Å². The number of likely N-dealkylation sites (N-methyl/N-ethyl adjacent to an activating group) is 1. The highest BCUT2D eigenvalue weighted by Gasteiger charge is 2.31. The van der Waals surface area contributed by atoms with E-state index in [1.54, 1.807) is 11.7 Å².